The molecule has 0 atom stereocenters. The molecule has 0 unspecified atom stereocenters. The Bertz CT molecular complexity index is 346. The van der Waals surface area contributed by atoms with E-state index in [1.54, 1.807) is 0 Å². The molecule has 3 heteroatoms. The summed E-state index contributed by atoms with van der Waals surface area (Å²) in [6.45, 7) is 0. The summed E-state index contributed by atoms with van der Waals surface area (Å²) in [6, 6.07) is 1.83. The fourth-order valence-electron chi connectivity index (χ4n) is 2.58. The average molecular weight is 254 g/mol. The molecule has 0 bridgehead atoms. The molecule has 1 aromatic rings. The Morgan fingerprint density at radius 1 is 1.11 bits per heavy atom. The highest BCUT2D eigenvalue weighted by molar-refractivity contribution is 5.86. The van der Waals surface area contributed by atoms with Gasteiger partial charge in [-0.3, -0.25) is 0 Å². The number of furan rings is 1. The molecule has 1 aliphatic carbocycles. The van der Waals surface area contributed by atoms with Gasteiger partial charge in [0.15, 0.2) is 0 Å². The summed E-state index contributed by atoms with van der Waals surface area (Å²) in [7, 11) is 0. The van der Waals surface area contributed by atoms with Crippen LogP contribution in [0.15, 0.2) is 16.7 Å². The van der Waals surface area contributed by atoms with E-state index in [0.717, 1.165) is 18.4 Å². The molecule has 18 heavy (non-hydrogen) atoms. The zero-order chi connectivity index (χ0) is 11.4. The third kappa shape index (κ3) is 3.90. The van der Waals surface area contributed by atoms with Gasteiger partial charge in [0.2, 0.25) is 5.76 Å². The van der Waals surface area contributed by atoms with E-state index >= 15 is 0 Å². The highest BCUT2D eigenvalue weighted by Crippen LogP contribution is 2.33. The maximum Gasteiger partial charge on any atom is 0.372 e. The van der Waals surface area contributed by atoms with Crippen LogP contribution < -0.4 is 0 Å². The predicted octanol–water partition coefficient (Wildman–Crippen LogP) is 5.08. The van der Waals surface area contributed by atoms with E-state index in [-0.39, 0.29) is 20.6 Å². The third-order valence-corrected chi connectivity index (χ3v) is 3.43. The van der Waals surface area contributed by atoms with Crippen molar-refractivity contribution in [3.63, 3.8) is 0 Å². The van der Waals surface area contributed by atoms with Gasteiger partial charge in [-0.1, -0.05) is 47.0 Å². The number of carboxylic acids is 1. The molecule has 0 amide bonds. The lowest BCUT2D eigenvalue weighted by atomic mass is 9.86. The molecule has 1 N–H and O–H groups in total. The minimum absolute atomic E-state index is 0. The summed E-state index contributed by atoms with van der Waals surface area (Å²) in [6.07, 6.45) is 9.97. The maximum absolute atomic E-state index is 11.0. The molecule has 1 aliphatic rings. The first-order valence-corrected chi connectivity index (χ1v) is 6.09. The Labute approximate surface area is 110 Å². The van der Waals surface area contributed by atoms with E-state index in [9.17, 15) is 4.79 Å². The average Bonchev–Trinajstić information content (AvgIpc) is 2.65. The number of aromatic carboxylic acids is 1. The van der Waals surface area contributed by atoms with Crippen molar-refractivity contribution in [3.8, 4) is 0 Å². The van der Waals surface area contributed by atoms with Crippen molar-refractivity contribution in [1.82, 2.24) is 0 Å². The summed E-state index contributed by atoms with van der Waals surface area (Å²) >= 11 is 0. The van der Waals surface area contributed by atoms with Gasteiger partial charge in [0.05, 0.1) is 6.26 Å². The summed E-state index contributed by atoms with van der Waals surface area (Å²) in [5.41, 5.74) is 0.898. The van der Waals surface area contributed by atoms with E-state index in [1.165, 1.54) is 38.4 Å². The van der Waals surface area contributed by atoms with Gasteiger partial charge in [-0.2, -0.15) is 0 Å². The second kappa shape index (κ2) is 7.96. The molecule has 1 aromatic heterocycles. The van der Waals surface area contributed by atoms with Crippen molar-refractivity contribution in [2.75, 3.05) is 0 Å². The molecule has 0 spiro atoms. The van der Waals surface area contributed by atoms with Crippen LogP contribution in [0.4, 0.5) is 0 Å². The number of carbonyl (C=O) groups is 1. The van der Waals surface area contributed by atoms with E-state index < -0.39 is 5.97 Å². The molecule has 1 fully saturated rings. The van der Waals surface area contributed by atoms with Crippen molar-refractivity contribution < 1.29 is 14.3 Å². The Morgan fingerprint density at radius 3 is 2.22 bits per heavy atom. The van der Waals surface area contributed by atoms with Crippen LogP contribution in [-0.2, 0) is 0 Å². The maximum atomic E-state index is 11.0. The van der Waals surface area contributed by atoms with E-state index in [1.807, 2.05) is 6.07 Å². The number of hydrogen-bond acceptors (Lipinski definition) is 2. The van der Waals surface area contributed by atoms with Crippen LogP contribution in [0.2, 0.25) is 0 Å². The van der Waals surface area contributed by atoms with Gasteiger partial charge in [0.1, 0.15) is 0 Å². The minimum Gasteiger partial charge on any atom is -0.475 e. The minimum atomic E-state index is -0.943. The highest BCUT2D eigenvalue weighted by atomic mass is 16.4. The van der Waals surface area contributed by atoms with Gasteiger partial charge < -0.3 is 9.52 Å². The standard InChI is InChI=1S/C13H18O3.2CH4/c14-13(15)12-11(8-9-16-12)10-6-4-2-1-3-5-7-10;;/h8-10H,1-7H2,(H,14,15);2*1H4. The third-order valence-electron chi connectivity index (χ3n) is 3.43. The first-order valence-electron chi connectivity index (χ1n) is 6.09. The molecule has 0 aromatic carbocycles. The smallest absolute Gasteiger partial charge is 0.372 e. The fourth-order valence-corrected chi connectivity index (χ4v) is 2.58. The van der Waals surface area contributed by atoms with Gasteiger partial charge in [0, 0.05) is 5.56 Å². The van der Waals surface area contributed by atoms with Gasteiger partial charge in [-0.15, -0.1) is 0 Å². The number of rotatable bonds is 2. The monoisotopic (exact) mass is 254 g/mol. The van der Waals surface area contributed by atoms with Gasteiger partial charge in [-0.05, 0) is 24.8 Å². The number of hydrogen-bond donors (Lipinski definition) is 1. The summed E-state index contributed by atoms with van der Waals surface area (Å²) in [5, 5.41) is 9.02. The Morgan fingerprint density at radius 2 is 1.67 bits per heavy atom. The van der Waals surface area contributed by atoms with Crippen LogP contribution in [0, 0.1) is 0 Å². The fraction of sp³-hybridized carbons (Fsp3) is 0.667. The van der Waals surface area contributed by atoms with Crippen LogP contribution >= 0.6 is 0 Å². The second-order valence-corrected chi connectivity index (χ2v) is 4.55. The molecule has 0 aliphatic heterocycles. The lowest BCUT2D eigenvalue weighted by Crippen LogP contribution is -2.06. The molecular weight excluding hydrogens is 228 g/mol. The predicted molar refractivity (Wildman–Crippen MR) is 74.2 cm³/mol. The SMILES string of the molecule is C.C.O=C(O)c1occc1C1CCCCCCC1. The van der Waals surface area contributed by atoms with Crippen LogP contribution in [0.5, 0.6) is 0 Å². The molecule has 3 nitrogen and oxygen atoms in total. The molecule has 1 heterocycles. The molecular formula is C15H26O3. The molecule has 0 radical (unpaired) electrons. The normalized spacial score (nSPS) is 16.9. The van der Waals surface area contributed by atoms with Crippen LogP contribution in [0.3, 0.4) is 0 Å². The van der Waals surface area contributed by atoms with Gasteiger partial charge in [0.25, 0.3) is 0 Å². The van der Waals surface area contributed by atoms with Crippen LogP contribution in [-0.4, -0.2) is 11.1 Å². The summed E-state index contributed by atoms with van der Waals surface area (Å²) in [5.74, 6) is -0.419. The molecule has 104 valence electrons. The van der Waals surface area contributed by atoms with Gasteiger partial charge >= 0.3 is 5.97 Å². The zero-order valence-corrected chi connectivity index (χ0v) is 9.45. The Balaban J connectivity index is 0.00000144. The lowest BCUT2D eigenvalue weighted by molar-refractivity contribution is 0.0659. The first-order chi connectivity index (χ1) is 7.79. The molecule has 2 rings (SSSR count). The van der Waals surface area contributed by atoms with Crippen molar-refractivity contribution in [2.45, 2.75) is 65.7 Å². The molecule has 0 saturated heterocycles. The van der Waals surface area contributed by atoms with Crippen molar-refractivity contribution >= 4 is 5.97 Å². The molecule has 1 saturated carbocycles. The topological polar surface area (TPSA) is 50.4 Å². The van der Waals surface area contributed by atoms with E-state index in [0.29, 0.717) is 5.92 Å². The highest BCUT2D eigenvalue weighted by Gasteiger charge is 2.22. The lowest BCUT2D eigenvalue weighted by Gasteiger charge is -2.18. The van der Waals surface area contributed by atoms with E-state index in [2.05, 4.69) is 0 Å². The first kappa shape index (κ1) is 16.8. The van der Waals surface area contributed by atoms with Crippen molar-refractivity contribution in [1.29, 1.82) is 0 Å². The number of carboxylic acid groups (broad SMARTS) is 1. The zero-order valence-electron chi connectivity index (χ0n) is 9.45. The summed E-state index contributed by atoms with van der Waals surface area (Å²) in [4.78, 5) is 11.0. The van der Waals surface area contributed by atoms with E-state index in [4.69, 9.17) is 9.52 Å². The van der Waals surface area contributed by atoms with Crippen molar-refractivity contribution in [2.24, 2.45) is 0 Å². The van der Waals surface area contributed by atoms with Gasteiger partial charge in [-0.25, -0.2) is 4.79 Å². The van der Waals surface area contributed by atoms with Crippen molar-refractivity contribution in [3.05, 3.63) is 23.7 Å². The van der Waals surface area contributed by atoms with Crippen LogP contribution in [0.25, 0.3) is 0 Å². The Kier molecular flexibility index (Phi) is 7.41. The largest absolute Gasteiger partial charge is 0.475 e. The quantitative estimate of drug-likeness (QED) is 0.800. The Hall–Kier alpha value is -1.25. The summed E-state index contributed by atoms with van der Waals surface area (Å²) < 4.78 is 5.05. The second-order valence-electron chi connectivity index (χ2n) is 4.55. The van der Waals surface area contributed by atoms with Crippen LogP contribution in [0.1, 0.15) is 81.8 Å².